The molecule has 0 atom stereocenters. The van der Waals surface area contributed by atoms with Crippen LogP contribution in [-0.4, -0.2) is 19.7 Å². The summed E-state index contributed by atoms with van der Waals surface area (Å²) in [4.78, 5) is 8.45. The van der Waals surface area contributed by atoms with E-state index in [4.69, 9.17) is 11.6 Å². The molecule has 0 aliphatic carbocycles. The molecule has 0 spiro atoms. The molecule has 0 aliphatic rings. The van der Waals surface area contributed by atoms with Gasteiger partial charge in [-0.2, -0.15) is 5.10 Å². The molecular formula is C10H11ClN4. The predicted molar refractivity (Wildman–Crippen MR) is 58.4 cm³/mol. The minimum atomic E-state index is 0.558. The average molecular weight is 223 g/mol. The highest BCUT2D eigenvalue weighted by Gasteiger charge is 2.12. The van der Waals surface area contributed by atoms with Crippen LogP contribution >= 0.6 is 11.6 Å². The normalized spacial score (nSPS) is 10.7. The van der Waals surface area contributed by atoms with Crippen LogP contribution in [0.15, 0.2) is 12.3 Å². The molecule has 2 rings (SSSR count). The molecule has 0 aromatic carbocycles. The summed E-state index contributed by atoms with van der Waals surface area (Å²) in [5.41, 5.74) is 2.56. The van der Waals surface area contributed by atoms with Gasteiger partial charge in [0.05, 0.1) is 16.4 Å². The zero-order chi connectivity index (χ0) is 11.0. The van der Waals surface area contributed by atoms with Crippen molar-refractivity contribution >= 4 is 11.6 Å². The number of hydrogen-bond donors (Lipinski definition) is 0. The molecule has 2 aromatic heterocycles. The molecular weight excluding hydrogens is 212 g/mol. The van der Waals surface area contributed by atoms with Crippen molar-refractivity contribution in [3.63, 3.8) is 0 Å². The summed E-state index contributed by atoms with van der Waals surface area (Å²) in [7, 11) is 0. The summed E-state index contributed by atoms with van der Waals surface area (Å²) >= 11 is 6.05. The second kappa shape index (κ2) is 3.62. The van der Waals surface area contributed by atoms with Crippen LogP contribution in [0.2, 0.25) is 5.02 Å². The molecule has 5 heteroatoms. The molecule has 15 heavy (non-hydrogen) atoms. The van der Waals surface area contributed by atoms with Gasteiger partial charge in [-0.3, -0.25) is 0 Å². The van der Waals surface area contributed by atoms with Crippen LogP contribution in [0.25, 0.3) is 5.95 Å². The largest absolute Gasteiger partial charge is 0.250 e. The van der Waals surface area contributed by atoms with Gasteiger partial charge in [0.2, 0.25) is 0 Å². The van der Waals surface area contributed by atoms with Gasteiger partial charge >= 0.3 is 0 Å². The Balaban J connectivity index is 2.59. The lowest BCUT2D eigenvalue weighted by atomic mass is 10.4. The van der Waals surface area contributed by atoms with Gasteiger partial charge in [-0.25, -0.2) is 14.6 Å². The summed E-state index contributed by atoms with van der Waals surface area (Å²) in [5, 5.41) is 4.95. The third-order valence-corrected chi connectivity index (χ3v) is 2.72. The molecule has 0 radical (unpaired) electrons. The summed E-state index contributed by atoms with van der Waals surface area (Å²) in [6, 6.07) is 1.84. The third kappa shape index (κ3) is 1.72. The molecule has 0 amide bonds. The number of aryl methyl sites for hydroxylation is 2. The number of halogens is 1. The Hall–Kier alpha value is -1.42. The van der Waals surface area contributed by atoms with E-state index in [0.29, 0.717) is 11.0 Å². The maximum absolute atomic E-state index is 6.05. The van der Waals surface area contributed by atoms with E-state index in [1.165, 1.54) is 0 Å². The van der Waals surface area contributed by atoms with Crippen molar-refractivity contribution in [2.75, 3.05) is 0 Å². The van der Waals surface area contributed by atoms with Crippen molar-refractivity contribution in [3.8, 4) is 5.95 Å². The number of rotatable bonds is 1. The Kier molecular flexibility index (Phi) is 2.44. The third-order valence-electron chi connectivity index (χ3n) is 2.17. The van der Waals surface area contributed by atoms with Gasteiger partial charge in [0.25, 0.3) is 5.95 Å². The Labute approximate surface area is 92.9 Å². The van der Waals surface area contributed by atoms with Crippen LogP contribution in [0.4, 0.5) is 0 Å². The Bertz CT molecular complexity index is 504. The van der Waals surface area contributed by atoms with Crippen LogP contribution in [0.5, 0.6) is 0 Å². The van der Waals surface area contributed by atoms with E-state index in [1.807, 2.05) is 26.8 Å². The quantitative estimate of drug-likeness (QED) is 0.743. The van der Waals surface area contributed by atoms with E-state index in [0.717, 1.165) is 17.1 Å². The maximum Gasteiger partial charge on any atom is 0.250 e. The van der Waals surface area contributed by atoms with Crippen LogP contribution < -0.4 is 0 Å². The van der Waals surface area contributed by atoms with Crippen molar-refractivity contribution in [2.45, 2.75) is 20.8 Å². The Morgan fingerprint density at radius 2 is 2.00 bits per heavy atom. The molecule has 2 heterocycles. The number of aromatic nitrogens is 4. The lowest BCUT2D eigenvalue weighted by Crippen LogP contribution is -2.05. The summed E-state index contributed by atoms with van der Waals surface area (Å²) < 4.78 is 1.66. The molecule has 0 unspecified atom stereocenters. The van der Waals surface area contributed by atoms with Gasteiger partial charge in [-0.1, -0.05) is 11.6 Å². The second-order valence-electron chi connectivity index (χ2n) is 3.39. The highest BCUT2D eigenvalue weighted by Crippen LogP contribution is 2.20. The smallest absolute Gasteiger partial charge is 0.220 e. The van der Waals surface area contributed by atoms with Gasteiger partial charge in [-0.05, 0) is 26.8 Å². The topological polar surface area (TPSA) is 43.6 Å². The number of hydrogen-bond acceptors (Lipinski definition) is 3. The Morgan fingerprint density at radius 3 is 2.53 bits per heavy atom. The molecule has 0 aliphatic heterocycles. The fourth-order valence-electron chi connectivity index (χ4n) is 1.36. The standard InChI is InChI=1S/C10H11ClN4/c1-6-4-5-12-10(13-6)15-8(3)9(11)7(2)14-15/h4-5H,1-3H3. The van der Waals surface area contributed by atoms with Crippen molar-refractivity contribution in [2.24, 2.45) is 0 Å². The maximum atomic E-state index is 6.05. The summed E-state index contributed by atoms with van der Waals surface area (Å²) in [5.74, 6) is 0.558. The molecule has 0 saturated heterocycles. The SMILES string of the molecule is Cc1ccnc(-n2nc(C)c(Cl)c2C)n1. The molecule has 0 saturated carbocycles. The number of nitrogens with zero attached hydrogens (tertiary/aromatic N) is 4. The van der Waals surface area contributed by atoms with E-state index in [1.54, 1.807) is 10.9 Å². The van der Waals surface area contributed by atoms with E-state index < -0.39 is 0 Å². The molecule has 0 bridgehead atoms. The molecule has 0 fully saturated rings. The zero-order valence-corrected chi connectivity index (χ0v) is 9.58. The van der Waals surface area contributed by atoms with Crippen LogP contribution in [0, 0.1) is 20.8 Å². The molecule has 78 valence electrons. The summed E-state index contributed by atoms with van der Waals surface area (Å²) in [6.07, 6.45) is 1.71. The van der Waals surface area contributed by atoms with Crippen LogP contribution in [-0.2, 0) is 0 Å². The minimum Gasteiger partial charge on any atom is -0.220 e. The lowest BCUT2D eigenvalue weighted by Gasteiger charge is -2.02. The molecule has 4 nitrogen and oxygen atoms in total. The summed E-state index contributed by atoms with van der Waals surface area (Å²) in [6.45, 7) is 5.67. The van der Waals surface area contributed by atoms with Crippen molar-refractivity contribution < 1.29 is 0 Å². The van der Waals surface area contributed by atoms with Gasteiger partial charge in [0.1, 0.15) is 0 Å². The first kappa shape index (κ1) is 10.1. The molecule has 0 N–H and O–H groups in total. The average Bonchev–Trinajstić information content (AvgIpc) is 2.46. The lowest BCUT2D eigenvalue weighted by molar-refractivity contribution is 0.768. The fraction of sp³-hybridized carbons (Fsp3) is 0.300. The fourth-order valence-corrected chi connectivity index (χ4v) is 1.47. The van der Waals surface area contributed by atoms with Crippen molar-refractivity contribution in [3.05, 3.63) is 34.4 Å². The van der Waals surface area contributed by atoms with E-state index in [2.05, 4.69) is 15.1 Å². The molecule has 2 aromatic rings. The van der Waals surface area contributed by atoms with Gasteiger partial charge in [-0.15, -0.1) is 0 Å². The zero-order valence-electron chi connectivity index (χ0n) is 8.82. The van der Waals surface area contributed by atoms with E-state index >= 15 is 0 Å². The van der Waals surface area contributed by atoms with E-state index in [9.17, 15) is 0 Å². The first-order valence-electron chi connectivity index (χ1n) is 4.61. The predicted octanol–water partition coefficient (Wildman–Crippen LogP) is 2.24. The highest BCUT2D eigenvalue weighted by atomic mass is 35.5. The minimum absolute atomic E-state index is 0.558. The van der Waals surface area contributed by atoms with Crippen molar-refractivity contribution in [1.82, 2.24) is 19.7 Å². The first-order chi connectivity index (χ1) is 7.09. The van der Waals surface area contributed by atoms with Gasteiger partial charge in [0, 0.05) is 11.9 Å². The van der Waals surface area contributed by atoms with Crippen molar-refractivity contribution in [1.29, 1.82) is 0 Å². The van der Waals surface area contributed by atoms with Crippen LogP contribution in [0.3, 0.4) is 0 Å². The van der Waals surface area contributed by atoms with Crippen LogP contribution in [0.1, 0.15) is 17.1 Å². The first-order valence-corrected chi connectivity index (χ1v) is 4.99. The highest BCUT2D eigenvalue weighted by molar-refractivity contribution is 6.31. The van der Waals surface area contributed by atoms with Gasteiger partial charge in [0.15, 0.2) is 0 Å². The van der Waals surface area contributed by atoms with Gasteiger partial charge < -0.3 is 0 Å². The van der Waals surface area contributed by atoms with E-state index in [-0.39, 0.29) is 0 Å². The second-order valence-corrected chi connectivity index (χ2v) is 3.77. The monoisotopic (exact) mass is 222 g/mol. The Morgan fingerprint density at radius 1 is 1.27 bits per heavy atom.